The highest BCUT2D eigenvalue weighted by Gasteiger charge is 1.85. The molecule has 0 aliphatic rings. The third kappa shape index (κ3) is 5.65. The molecule has 48 valence electrons. The van der Waals surface area contributed by atoms with Crippen molar-refractivity contribution in [3.63, 3.8) is 0 Å². The molecule has 8 heavy (non-hydrogen) atoms. The lowest BCUT2D eigenvalue weighted by molar-refractivity contribution is 0.229. The van der Waals surface area contributed by atoms with Crippen molar-refractivity contribution in [3.05, 3.63) is 0 Å². The van der Waals surface area contributed by atoms with Crippen molar-refractivity contribution in [2.24, 2.45) is 5.73 Å². The SMILES string of the molecule is NC(=S)OCCCO. The summed E-state index contributed by atoms with van der Waals surface area (Å²) in [6, 6.07) is 0. The van der Waals surface area contributed by atoms with Gasteiger partial charge >= 0.3 is 0 Å². The topological polar surface area (TPSA) is 55.5 Å². The summed E-state index contributed by atoms with van der Waals surface area (Å²) in [6.07, 6.45) is 0.581. The summed E-state index contributed by atoms with van der Waals surface area (Å²) in [4.78, 5) is 0. The fraction of sp³-hybridized carbons (Fsp3) is 0.750. The summed E-state index contributed by atoms with van der Waals surface area (Å²) in [5, 5.41) is 8.26. The molecule has 0 aliphatic carbocycles. The standard InChI is InChI=1S/C4H9NO2S/c5-4(8)7-3-1-2-6/h6H,1-3H2,(H2,5,8). The lowest BCUT2D eigenvalue weighted by Crippen LogP contribution is -2.13. The van der Waals surface area contributed by atoms with Crippen LogP contribution in [-0.4, -0.2) is 23.5 Å². The predicted molar refractivity (Wildman–Crippen MR) is 34.4 cm³/mol. The van der Waals surface area contributed by atoms with Gasteiger partial charge in [0.1, 0.15) is 0 Å². The first-order valence-electron chi connectivity index (χ1n) is 2.30. The van der Waals surface area contributed by atoms with Gasteiger partial charge in [-0.2, -0.15) is 0 Å². The van der Waals surface area contributed by atoms with E-state index in [0.29, 0.717) is 13.0 Å². The second-order valence-electron chi connectivity index (χ2n) is 1.24. The lowest BCUT2D eigenvalue weighted by atomic mass is 10.5. The van der Waals surface area contributed by atoms with Crippen LogP contribution in [0, 0.1) is 0 Å². The Morgan fingerprint density at radius 1 is 1.75 bits per heavy atom. The summed E-state index contributed by atoms with van der Waals surface area (Å²) in [7, 11) is 0. The zero-order valence-corrected chi connectivity index (χ0v) is 5.28. The molecule has 0 heterocycles. The maximum absolute atomic E-state index is 8.22. The van der Waals surface area contributed by atoms with Crippen LogP contribution in [0.4, 0.5) is 0 Å². The third-order valence-corrected chi connectivity index (χ3v) is 0.665. The van der Waals surface area contributed by atoms with E-state index in [2.05, 4.69) is 17.0 Å². The Morgan fingerprint density at radius 2 is 2.38 bits per heavy atom. The average molecular weight is 135 g/mol. The first-order chi connectivity index (χ1) is 3.77. The maximum Gasteiger partial charge on any atom is 0.253 e. The normalized spacial score (nSPS) is 8.62. The van der Waals surface area contributed by atoms with Gasteiger partial charge in [0, 0.05) is 13.0 Å². The molecule has 0 spiro atoms. The number of rotatable bonds is 3. The minimum Gasteiger partial charge on any atom is -0.471 e. The molecule has 0 aromatic heterocycles. The molecule has 0 aromatic carbocycles. The summed E-state index contributed by atoms with van der Waals surface area (Å²) in [6.45, 7) is 0.522. The van der Waals surface area contributed by atoms with Crippen molar-refractivity contribution < 1.29 is 9.84 Å². The first-order valence-corrected chi connectivity index (χ1v) is 2.71. The summed E-state index contributed by atoms with van der Waals surface area (Å²) in [5.74, 6) is 0. The van der Waals surface area contributed by atoms with Gasteiger partial charge in [0.2, 0.25) is 0 Å². The smallest absolute Gasteiger partial charge is 0.253 e. The van der Waals surface area contributed by atoms with Crippen molar-refractivity contribution in [2.45, 2.75) is 6.42 Å². The molecule has 4 heteroatoms. The van der Waals surface area contributed by atoms with E-state index in [9.17, 15) is 0 Å². The van der Waals surface area contributed by atoms with Gasteiger partial charge in [-0.05, 0) is 12.2 Å². The predicted octanol–water partition coefficient (Wildman–Crippen LogP) is -0.371. The second-order valence-corrected chi connectivity index (χ2v) is 1.65. The lowest BCUT2D eigenvalue weighted by Gasteiger charge is -1.98. The molecule has 0 saturated carbocycles. The Bertz CT molecular complexity index is 76.4. The molecular weight excluding hydrogens is 126 g/mol. The molecule has 0 rings (SSSR count). The van der Waals surface area contributed by atoms with Gasteiger partial charge in [0.15, 0.2) is 0 Å². The molecule has 0 atom stereocenters. The van der Waals surface area contributed by atoms with E-state index < -0.39 is 0 Å². The zero-order valence-electron chi connectivity index (χ0n) is 4.46. The Labute approximate surface area is 53.4 Å². The monoisotopic (exact) mass is 135 g/mol. The van der Waals surface area contributed by atoms with Crippen LogP contribution in [-0.2, 0) is 4.74 Å². The Kier molecular flexibility index (Phi) is 4.59. The van der Waals surface area contributed by atoms with E-state index in [-0.39, 0.29) is 11.8 Å². The summed E-state index contributed by atoms with van der Waals surface area (Å²) < 4.78 is 4.63. The summed E-state index contributed by atoms with van der Waals surface area (Å²) >= 11 is 4.38. The third-order valence-electron chi connectivity index (χ3n) is 0.547. The molecule has 3 N–H and O–H groups in total. The van der Waals surface area contributed by atoms with E-state index in [4.69, 9.17) is 10.8 Å². The average Bonchev–Trinajstić information content (AvgIpc) is 1.66. The minimum absolute atomic E-state index is 0.0402. The Balaban J connectivity index is 2.82. The highest BCUT2D eigenvalue weighted by Crippen LogP contribution is 1.78. The van der Waals surface area contributed by atoms with Crippen LogP contribution in [0.15, 0.2) is 0 Å². The molecule has 0 amide bonds. The summed E-state index contributed by atoms with van der Waals surface area (Å²) in [5.41, 5.74) is 4.96. The molecular formula is C4H9NO2S. The fourth-order valence-electron chi connectivity index (χ4n) is 0.237. The van der Waals surface area contributed by atoms with Gasteiger partial charge in [-0.1, -0.05) is 0 Å². The van der Waals surface area contributed by atoms with Crippen molar-refractivity contribution >= 4 is 17.4 Å². The van der Waals surface area contributed by atoms with E-state index in [1.165, 1.54) is 0 Å². The maximum atomic E-state index is 8.22. The van der Waals surface area contributed by atoms with Crippen LogP contribution in [0.3, 0.4) is 0 Å². The van der Waals surface area contributed by atoms with Crippen LogP contribution in [0.25, 0.3) is 0 Å². The highest BCUT2D eigenvalue weighted by molar-refractivity contribution is 7.80. The van der Waals surface area contributed by atoms with E-state index in [1.54, 1.807) is 0 Å². The second kappa shape index (κ2) is 4.80. The van der Waals surface area contributed by atoms with Gasteiger partial charge in [-0.3, -0.25) is 0 Å². The number of hydrogen-bond acceptors (Lipinski definition) is 3. The van der Waals surface area contributed by atoms with Crippen LogP contribution >= 0.6 is 12.2 Å². The molecule has 0 radical (unpaired) electrons. The minimum atomic E-state index is 0.0402. The number of aliphatic hydroxyl groups excluding tert-OH is 1. The van der Waals surface area contributed by atoms with Gasteiger partial charge in [-0.25, -0.2) is 0 Å². The van der Waals surface area contributed by atoms with Crippen LogP contribution < -0.4 is 5.73 Å². The van der Waals surface area contributed by atoms with Crippen LogP contribution in [0.5, 0.6) is 0 Å². The number of aliphatic hydroxyl groups is 1. The molecule has 0 bridgehead atoms. The number of nitrogens with two attached hydrogens (primary N) is 1. The van der Waals surface area contributed by atoms with Crippen molar-refractivity contribution in [1.82, 2.24) is 0 Å². The van der Waals surface area contributed by atoms with E-state index in [1.807, 2.05) is 0 Å². The van der Waals surface area contributed by atoms with Crippen LogP contribution in [0.1, 0.15) is 6.42 Å². The molecule has 0 aromatic rings. The van der Waals surface area contributed by atoms with Gasteiger partial charge in [0.25, 0.3) is 5.17 Å². The number of thiocarbonyl (C=S) groups is 1. The Hall–Kier alpha value is -0.350. The van der Waals surface area contributed by atoms with Gasteiger partial charge < -0.3 is 15.6 Å². The van der Waals surface area contributed by atoms with Crippen molar-refractivity contribution in [1.29, 1.82) is 0 Å². The highest BCUT2D eigenvalue weighted by atomic mass is 32.1. The van der Waals surface area contributed by atoms with Gasteiger partial charge in [0.05, 0.1) is 6.61 Å². The molecule has 0 saturated heterocycles. The van der Waals surface area contributed by atoms with Crippen LogP contribution in [0.2, 0.25) is 0 Å². The van der Waals surface area contributed by atoms with Crippen molar-refractivity contribution in [2.75, 3.05) is 13.2 Å². The zero-order chi connectivity index (χ0) is 6.41. The quantitative estimate of drug-likeness (QED) is 0.409. The Morgan fingerprint density at radius 3 is 2.75 bits per heavy atom. The molecule has 0 fully saturated rings. The number of hydrogen-bond donors (Lipinski definition) is 2. The van der Waals surface area contributed by atoms with Crippen molar-refractivity contribution in [3.8, 4) is 0 Å². The van der Waals surface area contributed by atoms with Gasteiger partial charge in [-0.15, -0.1) is 0 Å². The van der Waals surface area contributed by atoms with E-state index in [0.717, 1.165) is 0 Å². The molecule has 0 aliphatic heterocycles. The number of ether oxygens (including phenoxy) is 1. The largest absolute Gasteiger partial charge is 0.471 e. The molecule has 0 unspecified atom stereocenters. The first kappa shape index (κ1) is 7.65. The molecule has 3 nitrogen and oxygen atoms in total. The fourth-order valence-corrected chi connectivity index (χ4v) is 0.321. The van der Waals surface area contributed by atoms with E-state index >= 15 is 0 Å².